The van der Waals surface area contributed by atoms with Crippen molar-refractivity contribution < 1.29 is 27.8 Å². The van der Waals surface area contributed by atoms with Crippen LogP contribution in [0, 0.1) is 0 Å². The summed E-state index contributed by atoms with van der Waals surface area (Å²) in [5, 5.41) is 5.44. The van der Waals surface area contributed by atoms with Gasteiger partial charge in [0.2, 0.25) is 0 Å². The summed E-state index contributed by atoms with van der Waals surface area (Å²) in [6, 6.07) is 12.5. The second-order valence-corrected chi connectivity index (χ2v) is 6.86. The minimum Gasteiger partial charge on any atom is -0.395 e. The molecule has 7 nitrogen and oxygen atoms in total. The van der Waals surface area contributed by atoms with Crippen LogP contribution in [0.4, 0.5) is 19.3 Å². The van der Waals surface area contributed by atoms with Gasteiger partial charge in [-0.05, 0) is 37.1 Å². The topological polar surface area (TPSA) is 79.9 Å². The lowest BCUT2D eigenvalue weighted by atomic mass is 10.0. The summed E-state index contributed by atoms with van der Waals surface area (Å²) in [5.41, 5.74) is 0.948. The Morgan fingerprint density at radius 2 is 1.69 bits per heavy atom. The summed E-state index contributed by atoms with van der Waals surface area (Å²) in [6.07, 6.45) is -2.45. The lowest BCUT2D eigenvalue weighted by Gasteiger charge is -2.32. The number of alkyl halides is 2. The number of nitrogens with zero attached hydrogens (tertiary/aromatic N) is 1. The van der Waals surface area contributed by atoms with Gasteiger partial charge in [-0.1, -0.05) is 18.2 Å². The van der Waals surface area contributed by atoms with E-state index in [1.807, 2.05) is 18.2 Å². The van der Waals surface area contributed by atoms with Gasteiger partial charge in [-0.15, -0.1) is 8.78 Å². The summed E-state index contributed by atoms with van der Waals surface area (Å²) >= 11 is 0. The van der Waals surface area contributed by atoms with Crippen molar-refractivity contribution in [2.75, 3.05) is 18.4 Å². The monoisotopic (exact) mass is 403 g/mol. The minimum atomic E-state index is -3.70. The van der Waals surface area contributed by atoms with Crippen molar-refractivity contribution in [2.45, 2.75) is 25.2 Å². The highest BCUT2D eigenvalue weighted by Gasteiger charge is 2.43. The number of anilines is 1. The molecule has 4 rings (SSSR count). The Labute approximate surface area is 165 Å². The first-order chi connectivity index (χ1) is 13.9. The summed E-state index contributed by atoms with van der Waals surface area (Å²) in [7, 11) is 0. The number of hydrogen-bond acceptors (Lipinski definition) is 4. The molecule has 0 bridgehead atoms. The molecule has 0 spiro atoms. The first kappa shape index (κ1) is 19.0. The molecule has 0 aromatic heterocycles. The van der Waals surface area contributed by atoms with E-state index >= 15 is 0 Å². The fourth-order valence-corrected chi connectivity index (χ4v) is 3.37. The zero-order valence-corrected chi connectivity index (χ0v) is 15.4. The van der Waals surface area contributed by atoms with E-state index in [0.717, 1.165) is 0 Å². The van der Waals surface area contributed by atoms with Gasteiger partial charge in [-0.3, -0.25) is 4.79 Å². The highest BCUT2D eigenvalue weighted by Crippen LogP contribution is 2.42. The van der Waals surface area contributed by atoms with Gasteiger partial charge < -0.3 is 25.0 Å². The maximum absolute atomic E-state index is 13.1. The third-order valence-electron chi connectivity index (χ3n) is 4.80. The fraction of sp³-hybridized carbons (Fsp3) is 0.300. The lowest BCUT2D eigenvalue weighted by molar-refractivity contribution is -0.286. The van der Waals surface area contributed by atoms with Gasteiger partial charge in [-0.25, -0.2) is 4.79 Å². The number of hydrogen-bond donors (Lipinski definition) is 2. The Balaban J connectivity index is 1.27. The van der Waals surface area contributed by atoms with Crippen LogP contribution < -0.4 is 20.1 Å². The number of ether oxygens (including phenoxy) is 2. The molecule has 0 atom stereocenters. The molecule has 2 aromatic rings. The molecule has 0 saturated carbocycles. The van der Waals surface area contributed by atoms with Gasteiger partial charge in [0.25, 0.3) is 5.91 Å². The maximum atomic E-state index is 13.1. The number of fused-ring (bicyclic) bond motifs is 1. The smallest absolute Gasteiger partial charge is 0.395 e. The first-order valence-electron chi connectivity index (χ1n) is 9.21. The van der Waals surface area contributed by atoms with Crippen LogP contribution in [-0.2, 0) is 0 Å². The van der Waals surface area contributed by atoms with E-state index in [9.17, 15) is 18.4 Å². The number of amides is 3. The van der Waals surface area contributed by atoms with E-state index in [2.05, 4.69) is 20.1 Å². The normalized spacial score (nSPS) is 17.7. The van der Waals surface area contributed by atoms with Crippen molar-refractivity contribution >= 4 is 17.6 Å². The van der Waals surface area contributed by atoms with Gasteiger partial charge in [0.15, 0.2) is 11.5 Å². The van der Waals surface area contributed by atoms with Gasteiger partial charge in [0, 0.05) is 36.4 Å². The van der Waals surface area contributed by atoms with E-state index in [-0.39, 0.29) is 23.4 Å². The van der Waals surface area contributed by atoms with Crippen molar-refractivity contribution in [1.82, 2.24) is 10.2 Å². The Kier molecular flexibility index (Phi) is 4.96. The number of nitrogens with one attached hydrogen (secondary N) is 2. The average molecular weight is 403 g/mol. The molecule has 1 saturated heterocycles. The van der Waals surface area contributed by atoms with Gasteiger partial charge in [0.05, 0.1) is 0 Å². The summed E-state index contributed by atoms with van der Waals surface area (Å²) in [6.45, 7) is 1.08. The third kappa shape index (κ3) is 4.39. The van der Waals surface area contributed by atoms with Crippen LogP contribution in [0.3, 0.4) is 0 Å². The van der Waals surface area contributed by atoms with E-state index in [1.165, 1.54) is 18.2 Å². The van der Waals surface area contributed by atoms with Crippen LogP contribution >= 0.6 is 0 Å². The molecular weight excluding hydrogens is 384 g/mol. The quantitative estimate of drug-likeness (QED) is 0.823. The fourth-order valence-electron chi connectivity index (χ4n) is 3.37. The molecule has 0 radical (unpaired) electrons. The standard InChI is InChI=1S/C20H19F2N3O4/c21-20(22)28-16-7-6-15(12-17(16)29-20)24-19(27)23-14-8-10-25(11-9-14)18(26)13-4-2-1-3-5-13/h1-7,12,14H,8-11H2,(H2,23,24,27). The van der Waals surface area contributed by atoms with Gasteiger partial charge in [-0.2, -0.15) is 0 Å². The SMILES string of the molecule is O=C(Nc1ccc2c(c1)OC(F)(F)O2)NC1CCN(C(=O)c2ccccc2)CC1. The van der Waals surface area contributed by atoms with E-state index in [0.29, 0.717) is 37.2 Å². The molecule has 0 unspecified atom stereocenters. The van der Waals surface area contributed by atoms with Crippen LogP contribution in [0.1, 0.15) is 23.2 Å². The van der Waals surface area contributed by atoms with Crippen LogP contribution in [0.25, 0.3) is 0 Å². The predicted molar refractivity (Wildman–Crippen MR) is 100 cm³/mol. The third-order valence-corrected chi connectivity index (χ3v) is 4.80. The van der Waals surface area contributed by atoms with Crippen LogP contribution in [-0.4, -0.2) is 42.3 Å². The number of likely N-dealkylation sites (tertiary alicyclic amines) is 1. The van der Waals surface area contributed by atoms with Crippen molar-refractivity contribution in [3.8, 4) is 11.5 Å². The number of benzene rings is 2. The van der Waals surface area contributed by atoms with Crippen molar-refractivity contribution in [2.24, 2.45) is 0 Å². The van der Waals surface area contributed by atoms with E-state index in [4.69, 9.17) is 0 Å². The summed E-state index contributed by atoms with van der Waals surface area (Å²) in [4.78, 5) is 26.4. The average Bonchev–Trinajstić information content (AvgIpc) is 3.01. The van der Waals surface area contributed by atoms with E-state index < -0.39 is 12.3 Å². The largest absolute Gasteiger partial charge is 0.586 e. The Hall–Kier alpha value is -3.36. The van der Waals surface area contributed by atoms with Crippen LogP contribution in [0.5, 0.6) is 11.5 Å². The second-order valence-electron chi connectivity index (χ2n) is 6.86. The first-order valence-corrected chi connectivity index (χ1v) is 9.21. The minimum absolute atomic E-state index is 0.0225. The molecule has 152 valence electrons. The van der Waals surface area contributed by atoms with E-state index in [1.54, 1.807) is 17.0 Å². The summed E-state index contributed by atoms with van der Waals surface area (Å²) in [5.74, 6) is -0.248. The number of urea groups is 1. The molecule has 1 fully saturated rings. The van der Waals surface area contributed by atoms with Crippen LogP contribution in [0.2, 0.25) is 0 Å². The molecule has 2 aliphatic heterocycles. The molecule has 2 aromatic carbocycles. The predicted octanol–water partition coefficient (Wildman–Crippen LogP) is 3.43. The Bertz CT molecular complexity index is 915. The molecule has 2 heterocycles. The van der Waals surface area contributed by atoms with Crippen molar-refractivity contribution in [3.05, 3.63) is 54.1 Å². The van der Waals surface area contributed by atoms with Crippen molar-refractivity contribution in [1.29, 1.82) is 0 Å². The molecule has 2 aliphatic rings. The van der Waals surface area contributed by atoms with Gasteiger partial charge in [0.1, 0.15) is 0 Å². The summed E-state index contributed by atoms with van der Waals surface area (Å²) < 4.78 is 34.8. The lowest BCUT2D eigenvalue weighted by Crippen LogP contribution is -2.47. The number of carbonyl (C=O) groups is 2. The molecule has 2 N–H and O–H groups in total. The number of carbonyl (C=O) groups excluding carboxylic acids is 2. The highest BCUT2D eigenvalue weighted by molar-refractivity contribution is 5.94. The van der Waals surface area contributed by atoms with Crippen LogP contribution in [0.15, 0.2) is 48.5 Å². The zero-order valence-electron chi connectivity index (χ0n) is 15.4. The molecule has 29 heavy (non-hydrogen) atoms. The maximum Gasteiger partial charge on any atom is 0.586 e. The number of halogens is 2. The second kappa shape index (κ2) is 7.57. The van der Waals surface area contributed by atoms with Gasteiger partial charge >= 0.3 is 12.3 Å². The molecule has 3 amide bonds. The number of rotatable bonds is 3. The zero-order chi connectivity index (χ0) is 20.4. The molecule has 9 heteroatoms. The van der Waals surface area contributed by atoms with Crippen molar-refractivity contribution in [3.63, 3.8) is 0 Å². The Morgan fingerprint density at radius 3 is 2.41 bits per heavy atom. The Morgan fingerprint density at radius 1 is 1.00 bits per heavy atom. The number of piperidine rings is 1. The molecule has 0 aliphatic carbocycles. The highest BCUT2D eigenvalue weighted by atomic mass is 19.3. The molecular formula is C20H19F2N3O4.